The van der Waals surface area contributed by atoms with Gasteiger partial charge in [-0.1, -0.05) is 13.8 Å². The number of carboxylic acid groups (broad SMARTS) is 1. The first-order valence-electron chi connectivity index (χ1n) is 5.20. The molecule has 0 aliphatic rings. The highest BCUT2D eigenvalue weighted by Crippen LogP contribution is 2.03. The average molecular weight is 252 g/mol. The van der Waals surface area contributed by atoms with E-state index in [0.29, 0.717) is 0 Å². The summed E-state index contributed by atoms with van der Waals surface area (Å²) >= 11 is 0. The highest BCUT2D eigenvalue weighted by Gasteiger charge is 2.19. The lowest BCUT2D eigenvalue weighted by atomic mass is 10.1. The second-order valence-electron chi connectivity index (χ2n) is 4.02. The van der Waals surface area contributed by atoms with Crippen LogP contribution in [0.25, 0.3) is 0 Å². The highest BCUT2D eigenvalue weighted by molar-refractivity contribution is 7.89. The summed E-state index contributed by atoms with van der Waals surface area (Å²) in [6.07, 6.45) is -0.0318. The number of aliphatic carboxylic acids is 1. The molecule has 0 amide bonds. The number of sulfonamides is 1. The van der Waals surface area contributed by atoms with Gasteiger partial charge in [-0.25, -0.2) is 13.1 Å². The van der Waals surface area contributed by atoms with Crippen molar-refractivity contribution in [3.8, 4) is 0 Å². The van der Waals surface area contributed by atoms with Crippen molar-refractivity contribution in [1.82, 2.24) is 4.72 Å². The summed E-state index contributed by atoms with van der Waals surface area (Å²) in [5, 5.41) is 8.39. The quantitative estimate of drug-likeness (QED) is 0.552. The lowest BCUT2D eigenvalue weighted by molar-refractivity contribution is -0.137. The maximum Gasteiger partial charge on any atom is 0.303 e. The van der Waals surface area contributed by atoms with Crippen LogP contribution in [0.2, 0.25) is 0 Å². The van der Waals surface area contributed by atoms with Crippen LogP contribution >= 0.6 is 0 Å². The van der Waals surface area contributed by atoms with Crippen LogP contribution < -0.4 is 10.5 Å². The van der Waals surface area contributed by atoms with Gasteiger partial charge in [-0.2, -0.15) is 0 Å². The molecule has 16 heavy (non-hydrogen) atoms. The molecule has 0 radical (unpaired) electrons. The molecule has 1 atom stereocenters. The molecule has 0 rings (SSSR count). The third-order valence-electron chi connectivity index (χ3n) is 2.19. The molecule has 0 bridgehead atoms. The number of carbonyl (C=O) groups is 1. The number of nitrogens with two attached hydrogens (primary N) is 1. The minimum Gasteiger partial charge on any atom is -0.481 e. The van der Waals surface area contributed by atoms with Crippen molar-refractivity contribution in [2.75, 3.05) is 12.3 Å². The lowest BCUT2D eigenvalue weighted by Crippen LogP contribution is -2.44. The molecule has 0 aromatic carbocycles. The second kappa shape index (κ2) is 6.82. The Morgan fingerprint density at radius 3 is 2.38 bits per heavy atom. The van der Waals surface area contributed by atoms with E-state index >= 15 is 0 Å². The van der Waals surface area contributed by atoms with Crippen LogP contribution in [0.3, 0.4) is 0 Å². The topological polar surface area (TPSA) is 109 Å². The van der Waals surface area contributed by atoms with Crippen LogP contribution in [-0.2, 0) is 14.8 Å². The van der Waals surface area contributed by atoms with Gasteiger partial charge in [0, 0.05) is 19.0 Å². The minimum atomic E-state index is -3.43. The zero-order valence-electron chi connectivity index (χ0n) is 9.64. The molecule has 0 saturated carbocycles. The van der Waals surface area contributed by atoms with Gasteiger partial charge in [0.25, 0.3) is 0 Å². The van der Waals surface area contributed by atoms with Crippen molar-refractivity contribution in [2.45, 2.75) is 32.7 Å². The smallest absolute Gasteiger partial charge is 0.303 e. The number of hydrogen-bond donors (Lipinski definition) is 3. The van der Waals surface area contributed by atoms with E-state index in [1.807, 2.05) is 13.8 Å². The van der Waals surface area contributed by atoms with Crippen molar-refractivity contribution in [1.29, 1.82) is 0 Å². The second-order valence-corrected chi connectivity index (χ2v) is 5.89. The molecule has 0 heterocycles. The van der Waals surface area contributed by atoms with Crippen LogP contribution in [0.15, 0.2) is 0 Å². The molecule has 4 N–H and O–H groups in total. The van der Waals surface area contributed by atoms with E-state index in [4.69, 9.17) is 10.8 Å². The first-order valence-corrected chi connectivity index (χ1v) is 6.85. The predicted octanol–water partition coefficient (Wildman–Crippen LogP) is -0.246. The van der Waals surface area contributed by atoms with E-state index in [2.05, 4.69) is 4.72 Å². The number of hydrogen-bond acceptors (Lipinski definition) is 4. The van der Waals surface area contributed by atoms with Gasteiger partial charge < -0.3 is 10.8 Å². The van der Waals surface area contributed by atoms with E-state index < -0.39 is 16.0 Å². The summed E-state index contributed by atoms with van der Waals surface area (Å²) in [5.41, 5.74) is 5.44. The summed E-state index contributed by atoms with van der Waals surface area (Å²) in [6, 6.07) is -0.296. The molecular weight excluding hydrogens is 232 g/mol. The van der Waals surface area contributed by atoms with Crippen molar-refractivity contribution in [2.24, 2.45) is 11.7 Å². The monoisotopic (exact) mass is 252 g/mol. The standard InChI is InChI=1S/C9H20N2O4S/c1-7(2)8(6-10)11-16(14,15)5-3-4-9(12)13/h7-8,11H,3-6,10H2,1-2H3,(H,12,13). The van der Waals surface area contributed by atoms with Crippen LogP contribution in [0.5, 0.6) is 0 Å². The fraction of sp³-hybridized carbons (Fsp3) is 0.889. The van der Waals surface area contributed by atoms with Gasteiger partial charge in [0.2, 0.25) is 10.0 Å². The predicted molar refractivity (Wildman–Crippen MR) is 61.5 cm³/mol. The number of rotatable bonds is 8. The van der Waals surface area contributed by atoms with Crippen LogP contribution in [0.4, 0.5) is 0 Å². The Balaban J connectivity index is 4.18. The largest absolute Gasteiger partial charge is 0.481 e. The summed E-state index contributed by atoms with van der Waals surface area (Å²) < 4.78 is 25.5. The molecule has 0 fully saturated rings. The van der Waals surface area contributed by atoms with Gasteiger partial charge in [0.1, 0.15) is 0 Å². The number of carboxylic acids is 1. The zero-order chi connectivity index (χ0) is 12.8. The molecule has 6 nitrogen and oxygen atoms in total. The fourth-order valence-corrected chi connectivity index (χ4v) is 2.63. The van der Waals surface area contributed by atoms with Crippen LogP contribution in [0.1, 0.15) is 26.7 Å². The maximum atomic E-state index is 11.5. The van der Waals surface area contributed by atoms with E-state index in [1.54, 1.807) is 0 Å². The lowest BCUT2D eigenvalue weighted by Gasteiger charge is -2.20. The Kier molecular flexibility index (Phi) is 6.54. The third-order valence-corrected chi connectivity index (χ3v) is 3.68. The molecule has 0 aromatic rings. The molecule has 0 saturated heterocycles. The highest BCUT2D eigenvalue weighted by atomic mass is 32.2. The third kappa shape index (κ3) is 6.76. The Morgan fingerprint density at radius 1 is 1.44 bits per heavy atom. The van der Waals surface area contributed by atoms with Crippen molar-refractivity contribution < 1.29 is 18.3 Å². The molecule has 0 spiro atoms. The van der Waals surface area contributed by atoms with E-state index in [9.17, 15) is 13.2 Å². The first kappa shape index (κ1) is 15.3. The molecule has 1 unspecified atom stereocenters. The first-order chi connectivity index (χ1) is 7.28. The Hall–Kier alpha value is -0.660. The molecule has 7 heteroatoms. The Bertz CT molecular complexity index is 313. The van der Waals surface area contributed by atoms with Gasteiger partial charge in [-0.15, -0.1) is 0 Å². The molecule has 96 valence electrons. The van der Waals surface area contributed by atoms with Gasteiger partial charge in [-0.05, 0) is 12.3 Å². The van der Waals surface area contributed by atoms with E-state index in [0.717, 1.165) is 0 Å². The molecular formula is C9H20N2O4S. The van der Waals surface area contributed by atoms with E-state index in [1.165, 1.54) is 0 Å². The molecule has 0 aliphatic carbocycles. The van der Waals surface area contributed by atoms with Crippen molar-refractivity contribution in [3.05, 3.63) is 0 Å². The summed E-state index contributed by atoms with van der Waals surface area (Å²) in [5.74, 6) is -1.06. The average Bonchev–Trinajstić information content (AvgIpc) is 2.12. The molecule has 0 aliphatic heterocycles. The Morgan fingerprint density at radius 2 is 2.00 bits per heavy atom. The van der Waals surface area contributed by atoms with E-state index in [-0.39, 0.29) is 37.1 Å². The van der Waals surface area contributed by atoms with Crippen molar-refractivity contribution >= 4 is 16.0 Å². The fourth-order valence-electron chi connectivity index (χ4n) is 1.16. The summed E-state index contributed by atoms with van der Waals surface area (Å²) in [7, 11) is -3.43. The maximum absolute atomic E-state index is 11.5. The van der Waals surface area contributed by atoms with Crippen LogP contribution in [-0.4, -0.2) is 37.8 Å². The van der Waals surface area contributed by atoms with Crippen LogP contribution in [0, 0.1) is 5.92 Å². The van der Waals surface area contributed by atoms with Gasteiger partial charge in [0.05, 0.1) is 5.75 Å². The van der Waals surface area contributed by atoms with Crippen molar-refractivity contribution in [3.63, 3.8) is 0 Å². The van der Waals surface area contributed by atoms with Gasteiger partial charge in [-0.3, -0.25) is 4.79 Å². The zero-order valence-corrected chi connectivity index (χ0v) is 10.5. The SMILES string of the molecule is CC(C)C(CN)NS(=O)(=O)CCCC(=O)O. The molecule has 0 aromatic heterocycles. The minimum absolute atomic E-state index is 0.110. The van der Waals surface area contributed by atoms with Gasteiger partial charge >= 0.3 is 5.97 Å². The Labute approximate surface area is 96.3 Å². The van der Waals surface area contributed by atoms with Gasteiger partial charge in [0.15, 0.2) is 0 Å². The summed E-state index contributed by atoms with van der Waals surface area (Å²) in [4.78, 5) is 10.2. The summed E-state index contributed by atoms with van der Waals surface area (Å²) in [6.45, 7) is 3.98. The normalized spacial score (nSPS) is 14.0. The number of nitrogens with one attached hydrogen (secondary N) is 1.